The van der Waals surface area contributed by atoms with Crippen LogP contribution in [0.5, 0.6) is 0 Å². The molecule has 0 unspecified atom stereocenters. The second-order valence-electron chi connectivity index (χ2n) is 4.48. The summed E-state index contributed by atoms with van der Waals surface area (Å²) in [5.41, 5.74) is 2.71. The number of aromatic nitrogens is 1. The van der Waals surface area contributed by atoms with Crippen molar-refractivity contribution in [1.29, 1.82) is 0 Å². The lowest BCUT2D eigenvalue weighted by Crippen LogP contribution is -1.92. The van der Waals surface area contributed by atoms with Crippen molar-refractivity contribution < 1.29 is 9.21 Å². The first-order chi connectivity index (χ1) is 10.0. The number of halogens is 3. The van der Waals surface area contributed by atoms with Crippen LogP contribution >= 0.6 is 34.8 Å². The first-order valence-electron chi connectivity index (χ1n) is 6.06. The molecule has 0 fully saturated rings. The highest BCUT2D eigenvalue weighted by Crippen LogP contribution is 2.31. The van der Waals surface area contributed by atoms with Crippen LogP contribution in [0.25, 0.3) is 22.6 Å². The zero-order valence-corrected chi connectivity index (χ0v) is 12.8. The first-order valence-corrected chi connectivity index (χ1v) is 7.19. The fourth-order valence-corrected chi connectivity index (χ4v) is 2.68. The summed E-state index contributed by atoms with van der Waals surface area (Å²) < 4.78 is 5.67. The largest absolute Gasteiger partial charge is 0.435 e. The lowest BCUT2D eigenvalue weighted by molar-refractivity contribution is -0.111. The van der Waals surface area contributed by atoms with E-state index in [0.29, 0.717) is 27.0 Å². The third kappa shape index (κ3) is 3.05. The molecule has 106 valence electrons. The number of hydrogen-bond acceptors (Lipinski definition) is 3. The molecule has 6 heteroatoms. The van der Waals surface area contributed by atoms with Crippen LogP contribution in [-0.2, 0) is 11.2 Å². The molecule has 1 heterocycles. The van der Waals surface area contributed by atoms with Crippen LogP contribution in [0.4, 0.5) is 0 Å². The van der Waals surface area contributed by atoms with Crippen LogP contribution in [0.3, 0.4) is 0 Å². The highest BCUT2D eigenvalue weighted by molar-refractivity contribution is 6.63. The van der Waals surface area contributed by atoms with Gasteiger partial charge < -0.3 is 4.42 Å². The molecule has 0 spiro atoms. The van der Waals surface area contributed by atoms with Gasteiger partial charge in [0.05, 0.1) is 5.02 Å². The van der Waals surface area contributed by atoms with E-state index >= 15 is 0 Å². The van der Waals surface area contributed by atoms with Crippen LogP contribution in [0.1, 0.15) is 5.56 Å². The molecule has 0 N–H and O–H groups in total. The van der Waals surface area contributed by atoms with E-state index in [0.717, 1.165) is 11.1 Å². The second-order valence-corrected chi connectivity index (χ2v) is 5.75. The van der Waals surface area contributed by atoms with Crippen molar-refractivity contribution >= 4 is 51.1 Å². The fourth-order valence-electron chi connectivity index (χ4n) is 2.01. The molecular formula is C15H8Cl3NO2. The average Bonchev–Trinajstić information content (AvgIpc) is 2.83. The predicted molar refractivity (Wildman–Crippen MR) is 84.0 cm³/mol. The highest BCUT2D eigenvalue weighted by atomic mass is 35.5. The Morgan fingerprint density at radius 1 is 1.14 bits per heavy atom. The number of fused-ring (bicyclic) bond motifs is 1. The maximum absolute atomic E-state index is 10.9. The van der Waals surface area contributed by atoms with E-state index in [-0.39, 0.29) is 6.42 Å². The van der Waals surface area contributed by atoms with E-state index in [1.807, 2.05) is 12.1 Å². The van der Waals surface area contributed by atoms with Gasteiger partial charge in [0.2, 0.25) is 11.1 Å². The van der Waals surface area contributed by atoms with Crippen molar-refractivity contribution in [2.45, 2.75) is 6.42 Å². The summed E-state index contributed by atoms with van der Waals surface area (Å²) in [6.07, 6.45) is 0.191. The Morgan fingerprint density at radius 2 is 1.86 bits per heavy atom. The minimum Gasteiger partial charge on any atom is -0.435 e. The number of benzene rings is 2. The third-order valence-corrected chi connectivity index (χ3v) is 3.59. The molecule has 1 aromatic heterocycles. The monoisotopic (exact) mass is 339 g/mol. The fraction of sp³-hybridized carbons (Fsp3) is 0.0667. The van der Waals surface area contributed by atoms with Crippen LogP contribution in [-0.4, -0.2) is 10.2 Å². The van der Waals surface area contributed by atoms with Crippen LogP contribution < -0.4 is 0 Å². The maximum atomic E-state index is 10.9. The van der Waals surface area contributed by atoms with E-state index in [4.69, 9.17) is 39.2 Å². The van der Waals surface area contributed by atoms with Gasteiger partial charge in [0, 0.05) is 17.0 Å². The number of oxazole rings is 1. The highest BCUT2D eigenvalue weighted by Gasteiger charge is 2.12. The van der Waals surface area contributed by atoms with Gasteiger partial charge in [-0.05, 0) is 41.4 Å². The third-order valence-electron chi connectivity index (χ3n) is 2.95. The topological polar surface area (TPSA) is 43.1 Å². The van der Waals surface area contributed by atoms with Gasteiger partial charge in [-0.3, -0.25) is 4.79 Å². The minimum absolute atomic E-state index is 0.191. The van der Waals surface area contributed by atoms with Gasteiger partial charge in [-0.1, -0.05) is 35.3 Å². The summed E-state index contributed by atoms with van der Waals surface area (Å²) in [5.74, 6) is 0.443. The van der Waals surface area contributed by atoms with Crippen molar-refractivity contribution in [3.63, 3.8) is 0 Å². The quantitative estimate of drug-likeness (QED) is 0.622. The summed E-state index contributed by atoms with van der Waals surface area (Å²) in [7, 11) is 0. The maximum Gasteiger partial charge on any atom is 0.227 e. The van der Waals surface area contributed by atoms with Gasteiger partial charge >= 0.3 is 0 Å². The van der Waals surface area contributed by atoms with Crippen molar-refractivity contribution in [2.75, 3.05) is 0 Å². The molecular weight excluding hydrogens is 333 g/mol. The van der Waals surface area contributed by atoms with Crippen molar-refractivity contribution in [3.8, 4) is 11.5 Å². The smallest absolute Gasteiger partial charge is 0.227 e. The van der Waals surface area contributed by atoms with E-state index in [1.54, 1.807) is 24.3 Å². The van der Waals surface area contributed by atoms with Gasteiger partial charge in [0.25, 0.3) is 0 Å². The number of carbonyl (C=O) groups excluding carboxylic acids is 1. The first kappa shape index (κ1) is 14.4. The zero-order chi connectivity index (χ0) is 15.0. The summed E-state index contributed by atoms with van der Waals surface area (Å²) in [4.78, 5) is 15.2. The van der Waals surface area contributed by atoms with E-state index < -0.39 is 5.24 Å². The SMILES string of the molecule is O=C(Cl)Cc1ccc(-c2nc3cc(Cl)cc(Cl)c3o2)cc1. The zero-order valence-electron chi connectivity index (χ0n) is 10.6. The van der Waals surface area contributed by atoms with Crippen LogP contribution in [0, 0.1) is 0 Å². The molecule has 0 atom stereocenters. The molecule has 3 nitrogen and oxygen atoms in total. The van der Waals surface area contributed by atoms with Gasteiger partial charge in [-0.15, -0.1) is 0 Å². The molecule has 21 heavy (non-hydrogen) atoms. The van der Waals surface area contributed by atoms with E-state index in [1.165, 1.54) is 0 Å². The Bertz CT molecular complexity index is 825. The van der Waals surface area contributed by atoms with Crippen LogP contribution in [0.2, 0.25) is 10.0 Å². The van der Waals surface area contributed by atoms with Crippen molar-refractivity contribution in [3.05, 3.63) is 52.0 Å². The Morgan fingerprint density at radius 3 is 2.52 bits per heavy atom. The molecule has 0 aliphatic rings. The number of nitrogens with zero attached hydrogens (tertiary/aromatic N) is 1. The minimum atomic E-state index is -0.397. The molecule has 2 aromatic carbocycles. The Kier molecular flexibility index (Phi) is 3.89. The number of hydrogen-bond donors (Lipinski definition) is 0. The Balaban J connectivity index is 2.00. The number of carbonyl (C=O) groups is 1. The molecule has 0 saturated heterocycles. The summed E-state index contributed by atoms with van der Waals surface area (Å²) in [6.45, 7) is 0. The molecule has 3 rings (SSSR count). The van der Waals surface area contributed by atoms with Crippen molar-refractivity contribution in [2.24, 2.45) is 0 Å². The molecule has 0 aliphatic heterocycles. The molecule has 0 aliphatic carbocycles. The average molecular weight is 341 g/mol. The molecule has 0 radical (unpaired) electrons. The lowest BCUT2D eigenvalue weighted by atomic mass is 10.1. The van der Waals surface area contributed by atoms with Gasteiger partial charge in [-0.2, -0.15) is 0 Å². The summed E-state index contributed by atoms with van der Waals surface area (Å²) >= 11 is 17.4. The second kappa shape index (κ2) is 5.68. The van der Waals surface area contributed by atoms with Gasteiger partial charge in [-0.25, -0.2) is 4.98 Å². The Hall–Kier alpha value is -1.55. The van der Waals surface area contributed by atoms with Gasteiger partial charge in [0.1, 0.15) is 5.52 Å². The number of rotatable bonds is 3. The van der Waals surface area contributed by atoms with Crippen molar-refractivity contribution in [1.82, 2.24) is 4.98 Å². The molecule has 0 bridgehead atoms. The molecule has 0 amide bonds. The molecule has 3 aromatic rings. The summed E-state index contributed by atoms with van der Waals surface area (Å²) in [5, 5.41) is 0.523. The normalized spacial score (nSPS) is 11.0. The molecule has 0 saturated carbocycles. The lowest BCUT2D eigenvalue weighted by Gasteiger charge is -1.98. The van der Waals surface area contributed by atoms with E-state index in [2.05, 4.69) is 4.98 Å². The van der Waals surface area contributed by atoms with E-state index in [9.17, 15) is 4.79 Å². The standard InChI is InChI=1S/C15H8Cl3NO2/c16-10-6-11(17)14-12(7-10)19-15(21-14)9-3-1-8(2-4-9)5-13(18)20/h1-4,6-7H,5H2. The summed E-state index contributed by atoms with van der Waals surface area (Å²) in [6, 6.07) is 10.5. The van der Waals surface area contributed by atoms with Crippen LogP contribution in [0.15, 0.2) is 40.8 Å². The Labute approximate surface area is 135 Å². The predicted octanol–water partition coefficient (Wildman–Crippen LogP) is 5.11. The van der Waals surface area contributed by atoms with Gasteiger partial charge in [0.15, 0.2) is 5.58 Å².